The van der Waals surface area contributed by atoms with Gasteiger partial charge in [0, 0.05) is 36.5 Å². The molecule has 1 aliphatic heterocycles. The summed E-state index contributed by atoms with van der Waals surface area (Å²) in [5, 5.41) is 11.8. The smallest absolute Gasteiger partial charge is 0.227 e. The van der Waals surface area contributed by atoms with E-state index < -0.39 is 0 Å². The van der Waals surface area contributed by atoms with Gasteiger partial charge in [-0.1, -0.05) is 22.8 Å². The van der Waals surface area contributed by atoms with E-state index in [1.165, 1.54) is 0 Å². The lowest BCUT2D eigenvalue weighted by molar-refractivity contribution is -0.139. The molecule has 0 saturated carbocycles. The van der Waals surface area contributed by atoms with Crippen molar-refractivity contribution in [3.63, 3.8) is 0 Å². The monoisotopic (exact) mass is 445 g/mol. The molecule has 1 aromatic carbocycles. The number of halogens is 1. The minimum absolute atomic E-state index is 0.0369. The molecule has 0 bridgehead atoms. The maximum Gasteiger partial charge on any atom is 0.227 e. The Balaban J connectivity index is 1.26. The summed E-state index contributed by atoms with van der Waals surface area (Å²) in [5.74, 6) is 1.82. The Morgan fingerprint density at radius 2 is 2.26 bits per heavy atom. The number of nitrogens with zero attached hydrogens (tertiary/aromatic N) is 4. The summed E-state index contributed by atoms with van der Waals surface area (Å²) >= 11 is 5.97. The number of aromatic amines is 1. The van der Waals surface area contributed by atoms with Crippen LogP contribution in [0.25, 0.3) is 0 Å². The Labute approximate surface area is 184 Å². The highest BCUT2D eigenvalue weighted by molar-refractivity contribution is 6.30. The number of carbonyl (C=O) groups excluding carboxylic acids is 1. The number of nitrogens with one attached hydrogen (secondary N) is 1. The lowest BCUT2D eigenvalue weighted by Gasteiger charge is -2.32. The first-order chi connectivity index (χ1) is 15.1. The van der Waals surface area contributed by atoms with Crippen LogP contribution in [-0.4, -0.2) is 57.4 Å². The maximum atomic E-state index is 12.6. The molecule has 10 heteroatoms. The van der Waals surface area contributed by atoms with E-state index in [4.69, 9.17) is 25.6 Å². The van der Waals surface area contributed by atoms with Gasteiger partial charge in [-0.3, -0.25) is 9.89 Å². The zero-order chi connectivity index (χ0) is 21.6. The molecular weight excluding hydrogens is 422 g/mol. The number of hydrogen-bond acceptors (Lipinski definition) is 7. The second-order valence-electron chi connectivity index (χ2n) is 7.31. The second-order valence-corrected chi connectivity index (χ2v) is 7.74. The van der Waals surface area contributed by atoms with Crippen LogP contribution in [0.3, 0.4) is 0 Å². The number of H-pyrrole nitrogens is 1. The second kappa shape index (κ2) is 9.93. The molecule has 164 valence electrons. The predicted molar refractivity (Wildman–Crippen MR) is 112 cm³/mol. The van der Waals surface area contributed by atoms with Crippen molar-refractivity contribution in [2.45, 2.75) is 32.3 Å². The quantitative estimate of drug-likeness (QED) is 0.568. The normalized spacial score (nSPS) is 16.5. The number of morpholine rings is 1. The molecule has 4 rings (SSSR count). The first-order valence-electron chi connectivity index (χ1n) is 10.2. The zero-order valence-corrected chi connectivity index (χ0v) is 18.0. The number of benzene rings is 1. The van der Waals surface area contributed by atoms with Gasteiger partial charge in [-0.15, -0.1) is 0 Å². The molecule has 3 aromatic rings. The average molecular weight is 446 g/mol. The Bertz CT molecular complexity index is 1020. The van der Waals surface area contributed by atoms with Crippen molar-refractivity contribution < 1.29 is 18.8 Å². The summed E-state index contributed by atoms with van der Waals surface area (Å²) in [6.45, 7) is 3.74. The summed E-state index contributed by atoms with van der Waals surface area (Å²) in [4.78, 5) is 18.5. The zero-order valence-electron chi connectivity index (χ0n) is 17.2. The van der Waals surface area contributed by atoms with E-state index in [-0.39, 0.29) is 12.0 Å². The fourth-order valence-corrected chi connectivity index (χ4v) is 3.56. The average Bonchev–Trinajstić information content (AvgIpc) is 3.41. The lowest BCUT2D eigenvalue weighted by atomic mass is 10.1. The Morgan fingerprint density at radius 3 is 3.06 bits per heavy atom. The van der Waals surface area contributed by atoms with Gasteiger partial charge in [0.2, 0.25) is 11.8 Å². The molecule has 0 aliphatic carbocycles. The highest BCUT2D eigenvalue weighted by Gasteiger charge is 2.27. The van der Waals surface area contributed by atoms with Crippen molar-refractivity contribution in [1.82, 2.24) is 25.2 Å². The van der Waals surface area contributed by atoms with E-state index in [1.54, 1.807) is 24.0 Å². The first-order valence-corrected chi connectivity index (χ1v) is 10.6. The molecule has 0 radical (unpaired) electrons. The van der Waals surface area contributed by atoms with Crippen molar-refractivity contribution >= 4 is 17.5 Å². The molecule has 3 heterocycles. The molecule has 1 atom stereocenters. The van der Waals surface area contributed by atoms with Crippen LogP contribution in [-0.2, 0) is 22.4 Å². The first kappa shape index (κ1) is 21.3. The predicted octanol–water partition coefficient (Wildman–Crippen LogP) is 2.91. The highest BCUT2D eigenvalue weighted by Crippen LogP contribution is 2.22. The van der Waals surface area contributed by atoms with Gasteiger partial charge in [-0.05, 0) is 31.2 Å². The maximum absolute atomic E-state index is 12.6. The van der Waals surface area contributed by atoms with Crippen LogP contribution in [0.15, 0.2) is 34.9 Å². The van der Waals surface area contributed by atoms with Crippen LogP contribution < -0.4 is 4.74 Å². The van der Waals surface area contributed by atoms with Gasteiger partial charge >= 0.3 is 0 Å². The minimum Gasteiger partial charge on any atom is -0.493 e. The van der Waals surface area contributed by atoms with Crippen LogP contribution >= 0.6 is 11.6 Å². The van der Waals surface area contributed by atoms with Gasteiger partial charge < -0.3 is 18.9 Å². The summed E-state index contributed by atoms with van der Waals surface area (Å²) in [6, 6.07) is 9.26. The van der Waals surface area contributed by atoms with Gasteiger partial charge in [-0.2, -0.15) is 10.1 Å². The highest BCUT2D eigenvalue weighted by atomic mass is 35.5. The molecule has 9 nitrogen and oxygen atoms in total. The van der Waals surface area contributed by atoms with Crippen LogP contribution in [0.4, 0.5) is 0 Å². The Morgan fingerprint density at radius 1 is 1.35 bits per heavy atom. The molecule has 1 unspecified atom stereocenters. The van der Waals surface area contributed by atoms with Gasteiger partial charge in [0.25, 0.3) is 0 Å². The van der Waals surface area contributed by atoms with Crippen molar-refractivity contribution in [2.75, 3.05) is 26.3 Å². The van der Waals surface area contributed by atoms with Crippen LogP contribution in [0.2, 0.25) is 5.02 Å². The van der Waals surface area contributed by atoms with Gasteiger partial charge in [-0.25, -0.2) is 0 Å². The Kier molecular flexibility index (Phi) is 6.83. The van der Waals surface area contributed by atoms with E-state index >= 15 is 0 Å². The van der Waals surface area contributed by atoms with Crippen LogP contribution in [0.1, 0.15) is 35.6 Å². The van der Waals surface area contributed by atoms with Crippen LogP contribution in [0.5, 0.6) is 5.75 Å². The molecule has 31 heavy (non-hydrogen) atoms. The number of aromatic nitrogens is 4. The molecule has 2 aromatic heterocycles. The van der Waals surface area contributed by atoms with E-state index in [2.05, 4.69) is 20.3 Å². The van der Waals surface area contributed by atoms with Gasteiger partial charge in [0.05, 0.1) is 25.5 Å². The third-order valence-corrected chi connectivity index (χ3v) is 5.19. The lowest BCUT2D eigenvalue weighted by Crippen LogP contribution is -2.42. The standard InChI is InChI=1S/C21H24ClN5O4/c1-14-23-20(31-26-14)5-6-21(28)27-8-10-30-19(13-27)18-12-16(24-25-18)7-9-29-17-4-2-3-15(22)11-17/h2-4,11-12,19H,5-10,13H2,1H3,(H,24,25). The number of carbonyl (C=O) groups is 1. The topological polar surface area (TPSA) is 106 Å². The molecule has 1 aliphatic rings. The molecule has 1 fully saturated rings. The molecule has 1 saturated heterocycles. The number of rotatable bonds is 8. The SMILES string of the molecule is Cc1noc(CCC(=O)N2CCOC(c3cc(CCOc4cccc(Cl)c4)[nH]n3)C2)n1. The van der Waals surface area contributed by atoms with E-state index in [0.717, 1.165) is 17.1 Å². The van der Waals surface area contributed by atoms with Crippen molar-refractivity contribution in [1.29, 1.82) is 0 Å². The summed E-state index contributed by atoms with van der Waals surface area (Å²) in [5.41, 5.74) is 1.72. The summed E-state index contributed by atoms with van der Waals surface area (Å²) < 4.78 is 16.6. The van der Waals surface area contributed by atoms with Gasteiger partial charge in [0.1, 0.15) is 11.9 Å². The van der Waals surface area contributed by atoms with Gasteiger partial charge in [0.15, 0.2) is 5.82 Å². The third kappa shape index (κ3) is 5.83. The van der Waals surface area contributed by atoms with Crippen molar-refractivity contribution in [2.24, 2.45) is 0 Å². The third-order valence-electron chi connectivity index (χ3n) is 4.96. The Hall–Kier alpha value is -2.91. The van der Waals surface area contributed by atoms with Crippen molar-refractivity contribution in [3.05, 3.63) is 58.5 Å². The molecule has 0 spiro atoms. The number of amides is 1. The van der Waals surface area contributed by atoms with E-state index in [9.17, 15) is 4.79 Å². The number of hydrogen-bond donors (Lipinski definition) is 1. The summed E-state index contributed by atoms with van der Waals surface area (Å²) in [7, 11) is 0. The molecule has 1 amide bonds. The number of ether oxygens (including phenoxy) is 2. The fraction of sp³-hybridized carbons (Fsp3) is 0.429. The fourth-order valence-electron chi connectivity index (χ4n) is 3.38. The van der Waals surface area contributed by atoms with Crippen molar-refractivity contribution in [3.8, 4) is 5.75 Å². The largest absolute Gasteiger partial charge is 0.493 e. The molecular formula is C21H24ClN5O4. The summed E-state index contributed by atoms with van der Waals surface area (Å²) in [6.07, 6.45) is 1.16. The van der Waals surface area contributed by atoms with E-state index in [1.807, 2.05) is 18.2 Å². The van der Waals surface area contributed by atoms with E-state index in [0.29, 0.717) is 62.3 Å². The molecule has 1 N–H and O–H groups in total. The van der Waals surface area contributed by atoms with Crippen LogP contribution in [0, 0.1) is 6.92 Å². The minimum atomic E-state index is -0.262. The number of aryl methyl sites for hydroxylation is 2.